The minimum absolute atomic E-state index is 0.0222. The maximum atomic E-state index is 12.3. The Morgan fingerprint density at radius 2 is 1.72 bits per heavy atom. The van der Waals surface area contributed by atoms with Crippen LogP contribution in [-0.4, -0.2) is 52.2 Å². The summed E-state index contributed by atoms with van der Waals surface area (Å²) in [6.07, 6.45) is 0.410. The van der Waals surface area contributed by atoms with Gasteiger partial charge in [-0.3, -0.25) is 9.59 Å². The summed E-state index contributed by atoms with van der Waals surface area (Å²) in [5.74, 6) is 0.285. The van der Waals surface area contributed by atoms with Crippen molar-refractivity contribution in [3.63, 3.8) is 0 Å². The molecule has 0 radical (unpaired) electrons. The fourth-order valence-electron chi connectivity index (χ4n) is 2.43. The van der Waals surface area contributed by atoms with Gasteiger partial charge in [-0.2, -0.15) is 0 Å². The number of nitrogens with zero attached hydrogens (tertiary/aromatic N) is 1. The fraction of sp³-hybridized carbons (Fsp3) is 0.300. The van der Waals surface area contributed by atoms with Crippen LogP contribution in [0.5, 0.6) is 11.5 Å². The van der Waals surface area contributed by atoms with Crippen molar-refractivity contribution in [2.45, 2.75) is 18.2 Å². The molecule has 9 heteroatoms. The summed E-state index contributed by atoms with van der Waals surface area (Å²) in [5.41, 5.74) is 0.792. The second kappa shape index (κ2) is 9.53. The molecule has 8 nitrogen and oxygen atoms in total. The Kier molecular flexibility index (Phi) is 7.35. The van der Waals surface area contributed by atoms with Crippen LogP contribution >= 0.6 is 0 Å². The molecule has 2 aromatic carbocycles. The number of carbonyl (C=O) groups is 2. The first kappa shape index (κ1) is 22.4. The monoisotopic (exact) mass is 420 g/mol. The molecule has 0 aliphatic rings. The lowest BCUT2D eigenvalue weighted by Gasteiger charge is -2.15. The minimum Gasteiger partial charge on any atom is -0.495 e. The van der Waals surface area contributed by atoms with Crippen molar-refractivity contribution in [2.24, 2.45) is 0 Å². The number of benzene rings is 2. The average Bonchev–Trinajstić information content (AvgIpc) is 2.71. The average molecular weight is 420 g/mol. The van der Waals surface area contributed by atoms with Crippen molar-refractivity contribution < 1.29 is 27.5 Å². The van der Waals surface area contributed by atoms with Crippen LogP contribution in [0.2, 0.25) is 0 Å². The number of ketones is 1. The molecule has 1 amide bonds. The lowest BCUT2D eigenvalue weighted by molar-refractivity contribution is -0.118. The van der Waals surface area contributed by atoms with Crippen LogP contribution in [0.4, 0.5) is 5.69 Å². The van der Waals surface area contributed by atoms with Crippen molar-refractivity contribution in [1.29, 1.82) is 0 Å². The number of ether oxygens (including phenoxy) is 2. The number of carbonyl (C=O) groups excluding carboxylic acids is 2. The van der Waals surface area contributed by atoms with Crippen LogP contribution in [0.15, 0.2) is 47.4 Å². The largest absolute Gasteiger partial charge is 0.495 e. The molecule has 0 bridgehead atoms. The van der Waals surface area contributed by atoms with E-state index in [0.29, 0.717) is 23.5 Å². The molecule has 0 unspecified atom stereocenters. The Morgan fingerprint density at radius 3 is 2.28 bits per heavy atom. The van der Waals surface area contributed by atoms with Gasteiger partial charge < -0.3 is 14.8 Å². The van der Waals surface area contributed by atoms with Crippen LogP contribution in [0.3, 0.4) is 0 Å². The zero-order chi connectivity index (χ0) is 21.6. The smallest absolute Gasteiger partial charge is 0.262 e. The summed E-state index contributed by atoms with van der Waals surface area (Å²) >= 11 is 0. The van der Waals surface area contributed by atoms with Crippen molar-refractivity contribution in [2.75, 3.05) is 33.1 Å². The van der Waals surface area contributed by atoms with E-state index < -0.39 is 15.9 Å². The summed E-state index contributed by atoms with van der Waals surface area (Å²) in [7, 11) is 0.600. The molecule has 156 valence electrons. The van der Waals surface area contributed by atoms with E-state index in [9.17, 15) is 18.0 Å². The number of rotatable bonds is 9. The topological polar surface area (TPSA) is 102 Å². The number of anilines is 1. The van der Waals surface area contributed by atoms with Gasteiger partial charge in [0.25, 0.3) is 5.91 Å². The quantitative estimate of drug-likeness (QED) is 0.626. The van der Waals surface area contributed by atoms with Gasteiger partial charge in [-0.1, -0.05) is 6.92 Å². The van der Waals surface area contributed by atoms with Crippen LogP contribution in [-0.2, 0) is 14.8 Å². The lowest BCUT2D eigenvalue weighted by Crippen LogP contribution is -2.23. The third-order valence-corrected chi connectivity index (χ3v) is 5.90. The zero-order valence-corrected chi connectivity index (χ0v) is 17.6. The Morgan fingerprint density at radius 1 is 1.07 bits per heavy atom. The fourth-order valence-corrected chi connectivity index (χ4v) is 3.36. The zero-order valence-electron chi connectivity index (χ0n) is 16.8. The molecule has 2 rings (SSSR count). The van der Waals surface area contributed by atoms with Gasteiger partial charge in [0.05, 0.1) is 17.7 Å². The number of hydrogen-bond acceptors (Lipinski definition) is 6. The Labute approximate surface area is 170 Å². The molecule has 0 spiro atoms. The van der Waals surface area contributed by atoms with Gasteiger partial charge in [0.2, 0.25) is 10.0 Å². The van der Waals surface area contributed by atoms with Gasteiger partial charge in [0.1, 0.15) is 11.5 Å². The number of methoxy groups -OCH3 is 1. The predicted octanol–water partition coefficient (Wildman–Crippen LogP) is 2.56. The first-order chi connectivity index (χ1) is 13.7. The number of sulfonamides is 1. The van der Waals surface area contributed by atoms with Gasteiger partial charge in [-0.15, -0.1) is 0 Å². The normalized spacial score (nSPS) is 11.2. The SMILES string of the molecule is CCC(=O)c1ccc(OCC(=O)Nc2cc(S(=O)(=O)N(C)C)ccc2OC)cc1. The van der Waals surface area contributed by atoms with E-state index in [1.54, 1.807) is 31.2 Å². The van der Waals surface area contributed by atoms with Crippen molar-refractivity contribution in [1.82, 2.24) is 4.31 Å². The Balaban J connectivity index is 2.09. The molecule has 0 saturated heterocycles. The van der Waals surface area contributed by atoms with Gasteiger partial charge in [-0.25, -0.2) is 12.7 Å². The van der Waals surface area contributed by atoms with Gasteiger partial charge in [0.15, 0.2) is 12.4 Å². The maximum Gasteiger partial charge on any atom is 0.262 e. The number of nitrogens with one attached hydrogen (secondary N) is 1. The molecule has 0 aromatic heterocycles. The van der Waals surface area contributed by atoms with Gasteiger partial charge in [0, 0.05) is 26.1 Å². The Hall–Kier alpha value is -2.91. The van der Waals surface area contributed by atoms with E-state index in [0.717, 1.165) is 4.31 Å². The summed E-state index contributed by atoms with van der Waals surface area (Å²) in [4.78, 5) is 23.9. The number of Topliss-reactive ketones (excluding diaryl/α,β-unsaturated/α-hetero) is 1. The molecule has 0 saturated carbocycles. The van der Waals surface area contributed by atoms with Gasteiger partial charge in [-0.05, 0) is 42.5 Å². The van der Waals surface area contributed by atoms with E-state index in [1.165, 1.54) is 39.4 Å². The number of amides is 1. The van der Waals surface area contributed by atoms with Crippen LogP contribution in [0, 0.1) is 0 Å². The summed E-state index contributed by atoms with van der Waals surface area (Å²) in [5, 5.41) is 2.60. The standard InChI is InChI=1S/C20H24N2O6S/c1-5-18(23)14-6-8-15(9-7-14)28-13-20(24)21-17-12-16(10-11-19(17)27-4)29(25,26)22(2)3/h6-12H,5,13H2,1-4H3,(H,21,24). The second-order valence-corrected chi connectivity index (χ2v) is 8.44. The lowest BCUT2D eigenvalue weighted by atomic mass is 10.1. The molecule has 0 fully saturated rings. The molecule has 0 atom stereocenters. The Bertz CT molecular complexity index is 985. The third-order valence-electron chi connectivity index (χ3n) is 4.09. The van der Waals surface area contributed by atoms with Crippen molar-refractivity contribution in [3.8, 4) is 11.5 Å². The molecular formula is C20H24N2O6S. The highest BCUT2D eigenvalue weighted by Gasteiger charge is 2.20. The van der Waals surface area contributed by atoms with Crippen LogP contribution in [0.25, 0.3) is 0 Å². The summed E-state index contributed by atoms with van der Waals surface area (Å²) < 4.78 is 36.3. The minimum atomic E-state index is -3.66. The third kappa shape index (κ3) is 5.55. The highest BCUT2D eigenvalue weighted by atomic mass is 32.2. The molecule has 1 N–H and O–H groups in total. The van der Waals surface area contributed by atoms with Crippen molar-refractivity contribution >= 4 is 27.4 Å². The van der Waals surface area contributed by atoms with Gasteiger partial charge >= 0.3 is 0 Å². The highest BCUT2D eigenvalue weighted by Crippen LogP contribution is 2.28. The summed E-state index contributed by atoms with van der Waals surface area (Å²) in [6, 6.07) is 10.7. The van der Waals surface area contributed by atoms with E-state index in [4.69, 9.17) is 9.47 Å². The van der Waals surface area contributed by atoms with E-state index in [-0.39, 0.29) is 23.0 Å². The number of hydrogen-bond donors (Lipinski definition) is 1. The predicted molar refractivity (Wildman–Crippen MR) is 109 cm³/mol. The second-order valence-electron chi connectivity index (χ2n) is 6.29. The van der Waals surface area contributed by atoms with E-state index >= 15 is 0 Å². The van der Waals surface area contributed by atoms with E-state index in [2.05, 4.69) is 5.32 Å². The first-order valence-electron chi connectivity index (χ1n) is 8.85. The molecule has 0 heterocycles. The highest BCUT2D eigenvalue weighted by molar-refractivity contribution is 7.89. The molecular weight excluding hydrogens is 396 g/mol. The molecule has 0 aliphatic heterocycles. The maximum absolute atomic E-state index is 12.3. The molecule has 29 heavy (non-hydrogen) atoms. The van der Waals surface area contributed by atoms with E-state index in [1.807, 2.05) is 0 Å². The van der Waals surface area contributed by atoms with Crippen LogP contribution in [0.1, 0.15) is 23.7 Å². The summed E-state index contributed by atoms with van der Waals surface area (Å²) in [6.45, 7) is 1.49. The van der Waals surface area contributed by atoms with Crippen LogP contribution < -0.4 is 14.8 Å². The first-order valence-corrected chi connectivity index (χ1v) is 10.3. The van der Waals surface area contributed by atoms with Crippen molar-refractivity contribution in [3.05, 3.63) is 48.0 Å². The molecule has 2 aromatic rings. The molecule has 0 aliphatic carbocycles.